The molecule has 2 nitrogen and oxygen atoms in total. The molecule has 1 rings (SSSR count). The lowest BCUT2D eigenvalue weighted by Gasteiger charge is -2.42. The second kappa shape index (κ2) is 9.72. The normalized spacial score (nSPS) is 20.8. The summed E-state index contributed by atoms with van der Waals surface area (Å²) >= 11 is 2.24. The highest BCUT2D eigenvalue weighted by molar-refractivity contribution is 8.28. The van der Waals surface area contributed by atoms with Crippen molar-refractivity contribution in [3.05, 3.63) is 11.5 Å². The van der Waals surface area contributed by atoms with Gasteiger partial charge < -0.3 is 9.33 Å². The zero-order valence-corrected chi connectivity index (χ0v) is 20.3. The molecule has 0 radical (unpaired) electrons. The summed E-state index contributed by atoms with van der Waals surface area (Å²) in [7, 11) is -2.59. The van der Waals surface area contributed by atoms with Gasteiger partial charge in [0.2, 0.25) is 8.32 Å². The van der Waals surface area contributed by atoms with Crippen molar-refractivity contribution in [1.29, 1.82) is 0 Å². The van der Waals surface area contributed by atoms with E-state index in [1.807, 2.05) is 0 Å². The minimum absolute atomic E-state index is 0.681. The van der Waals surface area contributed by atoms with Crippen LogP contribution >= 0.6 is 11.2 Å². The molecule has 0 N–H and O–H groups in total. The largest absolute Gasteiger partial charge is 0.533 e. The molecule has 1 aliphatic rings. The summed E-state index contributed by atoms with van der Waals surface area (Å²) in [5.41, 5.74) is 1.46. The number of rotatable bonds is 9. The number of hydrogen-bond donors (Lipinski definition) is 0. The molecule has 24 heavy (non-hydrogen) atoms. The van der Waals surface area contributed by atoms with Gasteiger partial charge in [-0.05, 0) is 70.0 Å². The smallest absolute Gasteiger partial charge is 0.244 e. The molecule has 0 saturated carbocycles. The van der Waals surface area contributed by atoms with Crippen LogP contribution in [0.25, 0.3) is 0 Å². The Morgan fingerprint density at radius 3 is 2.33 bits per heavy atom. The molecule has 0 unspecified atom stereocenters. The van der Waals surface area contributed by atoms with Gasteiger partial charge in [-0.3, -0.25) is 0 Å². The molecule has 0 aliphatic carbocycles. The molecule has 0 bridgehead atoms. The second-order valence-corrected chi connectivity index (χ2v) is 23.0. The Bertz CT molecular complexity index is 413. The Kier molecular flexibility index (Phi) is 8.98. The summed E-state index contributed by atoms with van der Waals surface area (Å²) in [6, 6.07) is 0.681. The van der Waals surface area contributed by atoms with Gasteiger partial charge in [-0.1, -0.05) is 33.0 Å². The van der Waals surface area contributed by atoms with E-state index in [1.165, 1.54) is 55.9 Å². The van der Waals surface area contributed by atoms with Gasteiger partial charge in [0.1, 0.15) is 7.22 Å². The van der Waals surface area contributed by atoms with Crippen LogP contribution < -0.4 is 0 Å². The van der Waals surface area contributed by atoms with E-state index in [2.05, 4.69) is 69.2 Å². The number of allylic oxidation sites excluding steroid dienone is 1. The number of nitrogens with zero attached hydrogens (tertiary/aromatic N) is 1. The fraction of sp³-hybridized carbons (Fsp3) is 0.895. The van der Waals surface area contributed by atoms with Gasteiger partial charge in [0, 0.05) is 12.6 Å². The molecular weight excluding hydrogens is 346 g/mol. The highest BCUT2D eigenvalue weighted by Crippen LogP contribution is 2.31. The average Bonchev–Trinajstić information content (AvgIpc) is 2.43. The van der Waals surface area contributed by atoms with Crippen LogP contribution in [-0.4, -0.2) is 38.8 Å². The first-order valence-electron chi connectivity index (χ1n) is 9.83. The third kappa shape index (κ3) is 8.48. The van der Waals surface area contributed by atoms with Crippen LogP contribution in [0, 0.1) is 0 Å². The highest BCUT2D eigenvalue weighted by atomic mass is 32.4. The molecule has 1 aliphatic heterocycles. The molecule has 0 aromatic carbocycles. The van der Waals surface area contributed by atoms with Crippen molar-refractivity contribution in [1.82, 2.24) is 4.90 Å². The van der Waals surface area contributed by atoms with E-state index in [9.17, 15) is 0 Å². The van der Waals surface area contributed by atoms with Crippen molar-refractivity contribution in [3.8, 4) is 0 Å². The van der Waals surface area contributed by atoms with Crippen LogP contribution in [0.3, 0.4) is 0 Å². The number of piperidine rings is 1. The van der Waals surface area contributed by atoms with E-state index >= 15 is 0 Å². The number of likely N-dealkylation sites (tertiary alicyclic amines) is 1. The van der Waals surface area contributed by atoms with Gasteiger partial charge in [0.15, 0.2) is 5.88 Å². The number of hydrogen-bond acceptors (Lipinski definition) is 3. The molecule has 5 heteroatoms. The van der Waals surface area contributed by atoms with Crippen LogP contribution in [0.4, 0.5) is 0 Å². The minimum atomic E-state index is -1.58. The Balaban J connectivity index is 2.89. The molecule has 1 saturated heterocycles. The van der Waals surface area contributed by atoms with Crippen LogP contribution in [0.2, 0.25) is 39.3 Å². The lowest BCUT2D eigenvalue weighted by molar-refractivity contribution is 0.118. The van der Waals surface area contributed by atoms with Crippen molar-refractivity contribution in [3.63, 3.8) is 0 Å². The van der Waals surface area contributed by atoms with Gasteiger partial charge in [-0.15, -0.1) is 0 Å². The Morgan fingerprint density at radius 2 is 1.79 bits per heavy atom. The Morgan fingerprint density at radius 1 is 1.12 bits per heavy atom. The highest BCUT2D eigenvalue weighted by Gasteiger charge is 2.30. The predicted octanol–water partition coefficient (Wildman–Crippen LogP) is 6.68. The van der Waals surface area contributed by atoms with Crippen LogP contribution in [0.1, 0.15) is 52.4 Å². The topological polar surface area (TPSA) is 12.5 Å². The zero-order chi connectivity index (χ0) is 18.4. The lowest BCUT2D eigenvalue weighted by Crippen LogP contribution is -2.43. The molecule has 1 fully saturated rings. The maximum atomic E-state index is 6.62. The molecule has 0 spiro atoms. The Hall–Kier alpha value is 0.124. The quantitative estimate of drug-likeness (QED) is 0.323. The first kappa shape index (κ1) is 22.2. The van der Waals surface area contributed by atoms with Crippen LogP contribution in [-0.2, 0) is 4.43 Å². The van der Waals surface area contributed by atoms with E-state index in [-0.39, 0.29) is 0 Å². The van der Waals surface area contributed by atoms with Gasteiger partial charge in [-0.25, -0.2) is 0 Å². The van der Waals surface area contributed by atoms with Crippen LogP contribution in [0.15, 0.2) is 11.5 Å². The predicted molar refractivity (Wildman–Crippen MR) is 117 cm³/mol. The first-order chi connectivity index (χ1) is 11.0. The van der Waals surface area contributed by atoms with Crippen molar-refractivity contribution < 1.29 is 4.43 Å². The van der Waals surface area contributed by atoms with Crippen molar-refractivity contribution in [2.24, 2.45) is 0 Å². The van der Waals surface area contributed by atoms with Crippen molar-refractivity contribution in [2.45, 2.75) is 97.7 Å². The summed E-state index contributed by atoms with van der Waals surface area (Å²) in [5, 5.41) is 0. The average molecular weight is 388 g/mol. The SMILES string of the molecule is CCC/C(C)=C(/O[Si](C)(C)C)N1CCCC[C@H]1CCS[Si](C)(C)C. The van der Waals surface area contributed by atoms with Crippen LogP contribution in [0.5, 0.6) is 0 Å². The van der Waals surface area contributed by atoms with Gasteiger partial charge in [0.05, 0.1) is 0 Å². The van der Waals surface area contributed by atoms with E-state index < -0.39 is 15.5 Å². The third-order valence-corrected chi connectivity index (χ3v) is 9.59. The second-order valence-electron chi connectivity index (χ2n) is 9.14. The van der Waals surface area contributed by atoms with Gasteiger partial charge >= 0.3 is 0 Å². The van der Waals surface area contributed by atoms with Crippen molar-refractivity contribution >= 4 is 26.8 Å². The summed E-state index contributed by atoms with van der Waals surface area (Å²) < 4.78 is 6.62. The van der Waals surface area contributed by atoms with Gasteiger partial charge in [-0.2, -0.15) is 11.2 Å². The third-order valence-electron chi connectivity index (χ3n) is 4.27. The van der Waals surface area contributed by atoms with E-state index in [0.29, 0.717) is 6.04 Å². The first-order valence-corrected chi connectivity index (χ1v) is 18.4. The standard InChI is InChI=1S/C19H41NOSSi2/c1-9-12-17(2)19(21-23(3,4)5)20-15-11-10-13-18(20)14-16-22-24(6,7)8/h18H,9-16H2,1-8H3/b19-17+/t18-/m0/s1. The maximum Gasteiger partial charge on any atom is 0.244 e. The Labute approximate surface area is 157 Å². The van der Waals surface area contributed by atoms with E-state index in [0.717, 1.165) is 6.42 Å². The molecule has 0 amide bonds. The minimum Gasteiger partial charge on any atom is -0.533 e. The summed E-state index contributed by atoms with van der Waals surface area (Å²) in [4.78, 5) is 2.65. The van der Waals surface area contributed by atoms with Crippen molar-refractivity contribution in [2.75, 3.05) is 12.3 Å². The molecular formula is C19H41NOSSi2. The monoisotopic (exact) mass is 387 g/mol. The lowest BCUT2D eigenvalue weighted by atomic mass is 9.99. The molecule has 1 atom stereocenters. The van der Waals surface area contributed by atoms with E-state index in [1.54, 1.807) is 0 Å². The molecule has 0 aromatic rings. The summed E-state index contributed by atoms with van der Waals surface area (Å²) in [6.45, 7) is 20.1. The fourth-order valence-corrected chi connectivity index (χ4v) is 7.30. The van der Waals surface area contributed by atoms with E-state index in [4.69, 9.17) is 4.43 Å². The summed E-state index contributed by atoms with van der Waals surface area (Å²) in [6.07, 6.45) is 7.71. The molecule has 0 aromatic heterocycles. The fourth-order valence-electron chi connectivity index (χ4n) is 3.23. The molecule has 1 heterocycles. The van der Waals surface area contributed by atoms with Gasteiger partial charge in [0.25, 0.3) is 0 Å². The zero-order valence-electron chi connectivity index (χ0n) is 17.5. The molecule has 142 valence electrons. The maximum absolute atomic E-state index is 6.62. The summed E-state index contributed by atoms with van der Waals surface area (Å²) in [5.74, 6) is 2.56.